The highest BCUT2D eigenvalue weighted by Crippen LogP contribution is 2.14. The van der Waals surface area contributed by atoms with Crippen LogP contribution in [-0.4, -0.2) is 37.7 Å². The molecule has 3 amide bonds. The molecular weight excluding hydrogens is 312 g/mol. The third kappa shape index (κ3) is 6.68. The first-order valence-corrected chi connectivity index (χ1v) is 7.94. The Bertz CT molecular complexity index is 557. The first kappa shape index (κ1) is 19.5. The van der Waals surface area contributed by atoms with Gasteiger partial charge in [0, 0.05) is 7.05 Å². The van der Waals surface area contributed by atoms with Crippen LogP contribution < -0.4 is 15.4 Å². The van der Waals surface area contributed by atoms with E-state index in [0.29, 0.717) is 17.9 Å². The maximum atomic E-state index is 12.0. The van der Waals surface area contributed by atoms with Gasteiger partial charge in [-0.2, -0.15) is 0 Å². The standard InChI is InChI=1S/C17H24N2O5/c1-4-5-6-11-23-14-9-7-13(8-10-14)16(21)24-12(2)15(20)19-17(22)18-3/h7-10,12H,4-6,11H2,1-3H3,(H2,18,19,20,22)/t12-/m0/s1. The third-order valence-electron chi connectivity index (χ3n) is 3.22. The number of ether oxygens (including phenoxy) is 2. The van der Waals surface area contributed by atoms with Crippen LogP contribution in [0.2, 0.25) is 0 Å². The highest BCUT2D eigenvalue weighted by Gasteiger charge is 2.20. The van der Waals surface area contributed by atoms with Crippen molar-refractivity contribution in [2.75, 3.05) is 13.7 Å². The molecule has 0 bridgehead atoms. The fraction of sp³-hybridized carbons (Fsp3) is 0.471. The number of hydrogen-bond acceptors (Lipinski definition) is 5. The average Bonchev–Trinajstić information content (AvgIpc) is 2.58. The lowest BCUT2D eigenvalue weighted by Crippen LogP contribution is -2.43. The number of hydrogen-bond donors (Lipinski definition) is 2. The average molecular weight is 336 g/mol. The normalized spacial score (nSPS) is 11.3. The summed E-state index contributed by atoms with van der Waals surface area (Å²) in [4.78, 5) is 34.7. The lowest BCUT2D eigenvalue weighted by Gasteiger charge is -2.13. The van der Waals surface area contributed by atoms with Crippen LogP contribution in [0.4, 0.5) is 4.79 Å². The lowest BCUT2D eigenvalue weighted by molar-refractivity contribution is -0.127. The van der Waals surface area contributed by atoms with Gasteiger partial charge in [0.25, 0.3) is 5.91 Å². The van der Waals surface area contributed by atoms with Crippen molar-refractivity contribution in [3.05, 3.63) is 29.8 Å². The number of benzene rings is 1. The molecule has 1 aromatic carbocycles. The van der Waals surface area contributed by atoms with Gasteiger partial charge in [-0.05, 0) is 37.6 Å². The van der Waals surface area contributed by atoms with Gasteiger partial charge in [0.1, 0.15) is 5.75 Å². The fourth-order valence-corrected chi connectivity index (χ4v) is 1.79. The van der Waals surface area contributed by atoms with Gasteiger partial charge < -0.3 is 14.8 Å². The summed E-state index contributed by atoms with van der Waals surface area (Å²) < 4.78 is 10.6. The van der Waals surface area contributed by atoms with E-state index in [1.807, 2.05) is 5.32 Å². The second-order valence-corrected chi connectivity index (χ2v) is 5.20. The van der Waals surface area contributed by atoms with E-state index in [-0.39, 0.29) is 0 Å². The zero-order chi connectivity index (χ0) is 17.9. The van der Waals surface area contributed by atoms with Gasteiger partial charge in [-0.25, -0.2) is 9.59 Å². The Morgan fingerprint density at radius 1 is 1.12 bits per heavy atom. The summed E-state index contributed by atoms with van der Waals surface area (Å²) >= 11 is 0. The van der Waals surface area contributed by atoms with E-state index in [2.05, 4.69) is 12.2 Å². The maximum Gasteiger partial charge on any atom is 0.338 e. The molecular formula is C17H24N2O5. The number of urea groups is 1. The highest BCUT2D eigenvalue weighted by atomic mass is 16.5. The quantitative estimate of drug-likeness (QED) is 0.561. The van der Waals surface area contributed by atoms with Crippen LogP contribution in [0.5, 0.6) is 5.75 Å². The van der Waals surface area contributed by atoms with Crippen molar-refractivity contribution in [3.63, 3.8) is 0 Å². The molecule has 132 valence electrons. The first-order chi connectivity index (χ1) is 11.5. The summed E-state index contributed by atoms with van der Waals surface area (Å²) in [6, 6.07) is 5.84. The minimum absolute atomic E-state index is 0.301. The van der Waals surface area contributed by atoms with E-state index in [1.165, 1.54) is 14.0 Å². The van der Waals surface area contributed by atoms with Crippen LogP contribution in [0.3, 0.4) is 0 Å². The van der Waals surface area contributed by atoms with Gasteiger partial charge in [-0.1, -0.05) is 19.8 Å². The summed E-state index contributed by atoms with van der Waals surface area (Å²) in [5.41, 5.74) is 0.301. The molecule has 7 nitrogen and oxygen atoms in total. The molecule has 2 N–H and O–H groups in total. The molecule has 0 radical (unpaired) electrons. The molecule has 0 unspecified atom stereocenters. The minimum Gasteiger partial charge on any atom is -0.494 e. The third-order valence-corrected chi connectivity index (χ3v) is 3.22. The Morgan fingerprint density at radius 2 is 1.79 bits per heavy atom. The molecule has 0 aliphatic rings. The maximum absolute atomic E-state index is 12.0. The van der Waals surface area contributed by atoms with Gasteiger partial charge >= 0.3 is 12.0 Å². The molecule has 0 aliphatic carbocycles. The Hall–Kier alpha value is -2.57. The van der Waals surface area contributed by atoms with Gasteiger partial charge in [0.05, 0.1) is 12.2 Å². The molecule has 24 heavy (non-hydrogen) atoms. The van der Waals surface area contributed by atoms with E-state index in [1.54, 1.807) is 24.3 Å². The van der Waals surface area contributed by atoms with Crippen molar-refractivity contribution < 1.29 is 23.9 Å². The molecule has 7 heteroatoms. The monoisotopic (exact) mass is 336 g/mol. The Balaban J connectivity index is 2.49. The SMILES string of the molecule is CCCCCOc1ccc(C(=O)O[C@@H](C)C(=O)NC(=O)NC)cc1. The minimum atomic E-state index is -1.08. The van der Waals surface area contributed by atoms with E-state index in [4.69, 9.17) is 9.47 Å². The molecule has 1 rings (SSSR count). The van der Waals surface area contributed by atoms with Gasteiger partial charge in [-0.15, -0.1) is 0 Å². The molecule has 1 aromatic rings. The number of rotatable bonds is 8. The first-order valence-electron chi connectivity index (χ1n) is 7.94. The van der Waals surface area contributed by atoms with Crippen molar-refractivity contribution in [1.82, 2.24) is 10.6 Å². The van der Waals surface area contributed by atoms with E-state index < -0.39 is 24.0 Å². The molecule has 0 aliphatic heterocycles. The van der Waals surface area contributed by atoms with Crippen molar-refractivity contribution in [2.24, 2.45) is 0 Å². The highest BCUT2D eigenvalue weighted by molar-refractivity contribution is 5.98. The fourth-order valence-electron chi connectivity index (χ4n) is 1.79. The van der Waals surface area contributed by atoms with Crippen LogP contribution in [0.1, 0.15) is 43.5 Å². The van der Waals surface area contributed by atoms with Crippen LogP contribution in [0, 0.1) is 0 Å². The van der Waals surface area contributed by atoms with Crippen molar-refractivity contribution in [1.29, 1.82) is 0 Å². The second kappa shape index (κ2) is 10.3. The number of carbonyl (C=O) groups excluding carboxylic acids is 3. The second-order valence-electron chi connectivity index (χ2n) is 5.20. The van der Waals surface area contributed by atoms with Crippen LogP contribution >= 0.6 is 0 Å². The summed E-state index contributed by atoms with van der Waals surface area (Å²) in [5.74, 6) is -0.668. The summed E-state index contributed by atoms with van der Waals surface area (Å²) in [6.45, 7) is 4.14. The smallest absolute Gasteiger partial charge is 0.338 e. The molecule has 0 fully saturated rings. The van der Waals surface area contributed by atoms with Crippen molar-refractivity contribution in [2.45, 2.75) is 39.2 Å². The van der Waals surface area contributed by atoms with Crippen LogP contribution in [-0.2, 0) is 9.53 Å². The van der Waals surface area contributed by atoms with Crippen LogP contribution in [0.25, 0.3) is 0 Å². The number of unbranched alkanes of at least 4 members (excludes halogenated alkanes) is 2. The predicted octanol–water partition coefficient (Wildman–Crippen LogP) is 2.26. The van der Waals surface area contributed by atoms with Gasteiger partial charge in [0.2, 0.25) is 0 Å². The number of imide groups is 1. The van der Waals surface area contributed by atoms with Crippen molar-refractivity contribution in [3.8, 4) is 5.75 Å². The van der Waals surface area contributed by atoms with Crippen LogP contribution in [0.15, 0.2) is 24.3 Å². The van der Waals surface area contributed by atoms with E-state index >= 15 is 0 Å². The summed E-state index contributed by atoms with van der Waals surface area (Å²) in [5, 5.41) is 4.28. The largest absolute Gasteiger partial charge is 0.494 e. The van der Waals surface area contributed by atoms with Gasteiger partial charge in [0.15, 0.2) is 6.10 Å². The van der Waals surface area contributed by atoms with E-state index in [0.717, 1.165) is 19.3 Å². The zero-order valence-electron chi connectivity index (χ0n) is 14.3. The lowest BCUT2D eigenvalue weighted by atomic mass is 10.2. The Labute approximate surface area is 141 Å². The number of esters is 1. The zero-order valence-corrected chi connectivity index (χ0v) is 14.3. The summed E-state index contributed by atoms with van der Waals surface area (Å²) in [6.07, 6.45) is 2.14. The van der Waals surface area contributed by atoms with Gasteiger partial charge in [-0.3, -0.25) is 10.1 Å². The van der Waals surface area contributed by atoms with E-state index in [9.17, 15) is 14.4 Å². The molecule has 0 saturated heterocycles. The Morgan fingerprint density at radius 3 is 2.38 bits per heavy atom. The number of carbonyl (C=O) groups is 3. The molecule has 0 saturated carbocycles. The Kier molecular flexibility index (Phi) is 8.32. The molecule has 0 aromatic heterocycles. The topological polar surface area (TPSA) is 93.7 Å². The molecule has 0 spiro atoms. The number of amides is 3. The molecule has 0 heterocycles. The number of nitrogens with one attached hydrogen (secondary N) is 2. The summed E-state index contributed by atoms with van der Waals surface area (Å²) in [7, 11) is 1.38. The molecule has 1 atom stereocenters. The predicted molar refractivity (Wildman–Crippen MR) is 88.9 cm³/mol. The van der Waals surface area contributed by atoms with Crippen molar-refractivity contribution >= 4 is 17.9 Å².